The molecule has 6 nitrogen and oxygen atoms in total. The Morgan fingerprint density at radius 1 is 1.06 bits per heavy atom. The lowest BCUT2D eigenvalue weighted by Crippen LogP contribution is -2.32. The number of methoxy groups -OCH3 is 1. The van der Waals surface area contributed by atoms with E-state index < -0.39 is 0 Å². The molecule has 2 aromatic carbocycles. The van der Waals surface area contributed by atoms with E-state index in [4.69, 9.17) is 14.2 Å². The van der Waals surface area contributed by atoms with E-state index in [0.717, 1.165) is 61.5 Å². The monoisotopic (exact) mass is 457 g/mol. The third-order valence-electron chi connectivity index (χ3n) is 7.55. The lowest BCUT2D eigenvalue weighted by molar-refractivity contribution is -0.233. The molecule has 3 aromatic rings. The second kappa shape index (κ2) is 9.35. The number of rotatable bonds is 6. The Morgan fingerprint density at radius 2 is 1.94 bits per heavy atom. The number of aryl methyl sites for hydroxylation is 1. The first-order valence-electron chi connectivity index (χ1n) is 12.3. The highest BCUT2D eigenvalue weighted by Crippen LogP contribution is 2.42. The number of nitrogens with zero attached hydrogens (tertiary/aromatic N) is 2. The number of benzene rings is 2. The van der Waals surface area contributed by atoms with Gasteiger partial charge in [-0.2, -0.15) is 0 Å². The topological polar surface area (TPSA) is 65.5 Å². The van der Waals surface area contributed by atoms with Crippen LogP contribution in [0, 0.1) is 11.8 Å². The van der Waals surface area contributed by atoms with Crippen LogP contribution in [0.5, 0.6) is 5.75 Å². The Kier molecular flexibility index (Phi) is 5.93. The van der Waals surface area contributed by atoms with Gasteiger partial charge in [0.15, 0.2) is 6.29 Å². The molecule has 1 saturated heterocycles. The van der Waals surface area contributed by atoms with Crippen molar-refractivity contribution in [3.63, 3.8) is 0 Å². The summed E-state index contributed by atoms with van der Waals surface area (Å²) in [6.45, 7) is 0.746. The highest BCUT2D eigenvalue weighted by Gasteiger charge is 2.40. The molecule has 1 unspecified atom stereocenters. The fourth-order valence-corrected chi connectivity index (χ4v) is 5.82. The lowest BCUT2D eigenvalue weighted by Gasteiger charge is -2.32. The largest absolute Gasteiger partial charge is 0.497 e. The third-order valence-corrected chi connectivity index (χ3v) is 7.55. The van der Waals surface area contributed by atoms with Crippen LogP contribution in [0.25, 0.3) is 0 Å². The molecule has 2 fully saturated rings. The maximum atomic E-state index is 6.38. The number of hydrogen-bond donors (Lipinski definition) is 1. The maximum absolute atomic E-state index is 6.38. The van der Waals surface area contributed by atoms with Gasteiger partial charge in [0.1, 0.15) is 17.9 Å². The van der Waals surface area contributed by atoms with E-state index in [1.54, 1.807) is 13.4 Å². The van der Waals surface area contributed by atoms with Crippen LogP contribution < -0.4 is 10.1 Å². The Labute approximate surface area is 200 Å². The van der Waals surface area contributed by atoms with Crippen molar-refractivity contribution in [2.45, 2.75) is 50.5 Å². The van der Waals surface area contributed by atoms with Crippen LogP contribution in [0.1, 0.15) is 54.0 Å². The minimum Gasteiger partial charge on any atom is -0.497 e. The zero-order chi connectivity index (χ0) is 22.9. The first-order valence-corrected chi connectivity index (χ1v) is 12.3. The molecule has 3 aliphatic rings. The Morgan fingerprint density at radius 3 is 2.82 bits per heavy atom. The van der Waals surface area contributed by atoms with Crippen molar-refractivity contribution in [3.8, 4) is 5.75 Å². The number of fused-ring (bicyclic) bond motifs is 2. The van der Waals surface area contributed by atoms with Gasteiger partial charge in [-0.1, -0.05) is 36.4 Å². The predicted molar refractivity (Wildman–Crippen MR) is 130 cm³/mol. The third kappa shape index (κ3) is 4.40. The molecule has 1 aromatic heterocycles. The van der Waals surface area contributed by atoms with Crippen LogP contribution in [0.15, 0.2) is 60.9 Å². The average molecular weight is 458 g/mol. The molecule has 0 radical (unpaired) electrons. The summed E-state index contributed by atoms with van der Waals surface area (Å²) in [5, 5.41) is 3.64. The minimum absolute atomic E-state index is 0.236. The summed E-state index contributed by atoms with van der Waals surface area (Å²) in [4.78, 5) is 9.09. The van der Waals surface area contributed by atoms with Gasteiger partial charge in [0.2, 0.25) is 0 Å². The highest BCUT2D eigenvalue weighted by molar-refractivity contribution is 5.43. The molecular weight excluding hydrogens is 426 g/mol. The smallest absolute Gasteiger partial charge is 0.184 e. The van der Waals surface area contributed by atoms with Crippen LogP contribution in [0.2, 0.25) is 0 Å². The quantitative estimate of drug-likeness (QED) is 0.544. The number of nitrogens with one attached hydrogen (secondary N) is 1. The average Bonchev–Trinajstić information content (AvgIpc) is 3.47. The van der Waals surface area contributed by atoms with E-state index in [1.807, 2.05) is 24.3 Å². The van der Waals surface area contributed by atoms with Gasteiger partial charge in [0.05, 0.1) is 25.9 Å². The molecular formula is C28H31N3O3. The molecule has 1 N–H and O–H groups in total. The van der Waals surface area contributed by atoms with Gasteiger partial charge in [0.25, 0.3) is 0 Å². The molecule has 1 saturated carbocycles. The van der Waals surface area contributed by atoms with E-state index in [1.165, 1.54) is 11.1 Å². The maximum Gasteiger partial charge on any atom is 0.184 e. The van der Waals surface area contributed by atoms with Gasteiger partial charge in [0, 0.05) is 23.2 Å². The number of ether oxygens (including phenoxy) is 3. The SMILES string of the molecule is COc1ccc(C2OC[C@@H]3C[C@@H](Cc4cc(N[C@H]5CCc6ccccc65)ncn4)C[C@@H]3O2)cc1. The van der Waals surface area contributed by atoms with E-state index in [9.17, 15) is 0 Å². The Balaban J connectivity index is 1.07. The van der Waals surface area contributed by atoms with Gasteiger partial charge in [-0.05, 0) is 61.3 Å². The van der Waals surface area contributed by atoms with Crippen molar-refractivity contribution < 1.29 is 14.2 Å². The van der Waals surface area contributed by atoms with Crippen LogP contribution in [0.3, 0.4) is 0 Å². The molecule has 0 amide bonds. The normalized spacial score (nSPS) is 27.7. The standard InChI is InChI=1S/C28H31N3O3/c1-32-23-9-6-20(7-10-23)28-33-16-21-12-18(14-26(21)34-28)13-22-15-27(30-17-29-22)31-25-11-8-19-4-2-3-5-24(19)25/h2-7,9-10,15,17-18,21,25-26,28H,8,11-14,16H2,1H3,(H,29,30,31)/t18-,21-,25-,26-,28?/m0/s1. The van der Waals surface area contributed by atoms with E-state index >= 15 is 0 Å². The highest BCUT2D eigenvalue weighted by atomic mass is 16.7. The summed E-state index contributed by atoms with van der Waals surface area (Å²) in [7, 11) is 1.68. The summed E-state index contributed by atoms with van der Waals surface area (Å²) < 4.78 is 17.7. The second-order valence-corrected chi connectivity index (χ2v) is 9.74. The minimum atomic E-state index is -0.296. The summed E-state index contributed by atoms with van der Waals surface area (Å²) in [5.74, 6) is 2.76. The summed E-state index contributed by atoms with van der Waals surface area (Å²) >= 11 is 0. The van der Waals surface area contributed by atoms with Crippen molar-refractivity contribution in [3.05, 3.63) is 83.3 Å². The van der Waals surface area contributed by atoms with E-state index in [2.05, 4.69) is 45.6 Å². The Bertz CT molecular complexity index is 1140. The van der Waals surface area contributed by atoms with Crippen LogP contribution in [0.4, 0.5) is 5.82 Å². The predicted octanol–water partition coefficient (Wildman–Crippen LogP) is 5.27. The zero-order valence-corrected chi connectivity index (χ0v) is 19.5. The lowest BCUT2D eigenvalue weighted by atomic mass is 10.00. The van der Waals surface area contributed by atoms with Crippen molar-refractivity contribution in [2.24, 2.45) is 11.8 Å². The molecule has 2 heterocycles. The van der Waals surface area contributed by atoms with Gasteiger partial charge >= 0.3 is 0 Å². The second-order valence-electron chi connectivity index (χ2n) is 9.74. The zero-order valence-electron chi connectivity index (χ0n) is 19.5. The molecule has 1 aliphatic heterocycles. The van der Waals surface area contributed by atoms with Crippen molar-refractivity contribution in [1.29, 1.82) is 0 Å². The van der Waals surface area contributed by atoms with Gasteiger partial charge < -0.3 is 19.5 Å². The molecule has 6 rings (SSSR count). The summed E-state index contributed by atoms with van der Waals surface area (Å²) in [5.41, 5.74) is 4.98. The Hall–Kier alpha value is -2.96. The molecule has 6 heteroatoms. The first kappa shape index (κ1) is 21.6. The molecule has 0 bridgehead atoms. The van der Waals surface area contributed by atoms with E-state index in [0.29, 0.717) is 17.9 Å². The summed E-state index contributed by atoms with van der Waals surface area (Å²) in [6, 6.07) is 19.1. The fraction of sp³-hybridized carbons (Fsp3) is 0.429. The van der Waals surface area contributed by atoms with Crippen molar-refractivity contribution in [1.82, 2.24) is 9.97 Å². The van der Waals surface area contributed by atoms with Crippen molar-refractivity contribution >= 4 is 5.82 Å². The first-order chi connectivity index (χ1) is 16.7. The molecule has 176 valence electrons. The molecule has 5 atom stereocenters. The van der Waals surface area contributed by atoms with Gasteiger partial charge in [-0.3, -0.25) is 0 Å². The van der Waals surface area contributed by atoms with Crippen LogP contribution in [-0.4, -0.2) is 29.8 Å². The number of aromatic nitrogens is 2. The number of anilines is 1. The molecule has 0 spiro atoms. The number of hydrogen-bond acceptors (Lipinski definition) is 6. The van der Waals surface area contributed by atoms with Crippen LogP contribution >= 0.6 is 0 Å². The summed E-state index contributed by atoms with van der Waals surface area (Å²) in [6.07, 6.45) is 6.97. The van der Waals surface area contributed by atoms with Gasteiger partial charge in [-0.25, -0.2) is 9.97 Å². The fourth-order valence-electron chi connectivity index (χ4n) is 5.82. The molecule has 34 heavy (non-hydrogen) atoms. The van der Waals surface area contributed by atoms with Crippen molar-refractivity contribution in [2.75, 3.05) is 19.0 Å². The molecule has 2 aliphatic carbocycles. The van der Waals surface area contributed by atoms with E-state index in [-0.39, 0.29) is 12.4 Å². The van der Waals surface area contributed by atoms with Crippen LogP contribution in [-0.2, 0) is 22.3 Å². The van der Waals surface area contributed by atoms with Gasteiger partial charge in [-0.15, -0.1) is 0 Å².